The highest BCUT2D eigenvalue weighted by Crippen LogP contribution is 2.24. The van der Waals surface area contributed by atoms with Gasteiger partial charge in [0.05, 0.1) is 12.2 Å². The average Bonchev–Trinajstić information content (AvgIpc) is 3.05. The number of carbonyl (C=O) groups is 1. The van der Waals surface area contributed by atoms with Gasteiger partial charge in [0, 0.05) is 32.0 Å². The summed E-state index contributed by atoms with van der Waals surface area (Å²) >= 11 is 0. The molecule has 1 N–H and O–H groups in total. The van der Waals surface area contributed by atoms with E-state index in [1.807, 2.05) is 0 Å². The largest absolute Gasteiger partial charge is 0.339 e. The molecule has 9 heteroatoms. The standard InChI is InChI=1S/C17H21FN4O3S/c1-12-5-6-14(8-15(12)18)20-17(23)13-4-3-7-22(9-13)26(24,25)16-10-21(2)11-19-16/h5-6,8,10-11,13H,3-4,7,9H2,1-2H3,(H,20,23). The number of carbonyl (C=O) groups excluding carboxylic acids is 1. The third-order valence-electron chi connectivity index (χ3n) is 4.48. The van der Waals surface area contributed by atoms with Crippen molar-refractivity contribution in [3.05, 3.63) is 42.1 Å². The molecular formula is C17H21FN4O3S. The second-order valence-electron chi connectivity index (χ2n) is 6.53. The van der Waals surface area contributed by atoms with Crippen LogP contribution in [0.4, 0.5) is 10.1 Å². The number of imidazole rings is 1. The first-order valence-corrected chi connectivity index (χ1v) is 9.76. The SMILES string of the molecule is Cc1ccc(NC(=O)C2CCCN(S(=O)(=O)c3cn(C)cn3)C2)cc1F. The Hall–Kier alpha value is -2.26. The van der Waals surface area contributed by atoms with Gasteiger partial charge in [-0.15, -0.1) is 0 Å². The summed E-state index contributed by atoms with van der Waals surface area (Å²) in [6.45, 7) is 2.07. The Bertz CT molecular complexity index is 926. The molecule has 3 rings (SSSR count). The molecule has 0 aliphatic carbocycles. The monoisotopic (exact) mass is 380 g/mol. The Kier molecular flexibility index (Phi) is 5.10. The first kappa shape index (κ1) is 18.5. The minimum Gasteiger partial charge on any atom is -0.339 e. The van der Waals surface area contributed by atoms with Crippen LogP contribution >= 0.6 is 0 Å². The smallest absolute Gasteiger partial charge is 0.262 e. The van der Waals surface area contributed by atoms with Crippen LogP contribution in [0.15, 0.2) is 35.7 Å². The minimum atomic E-state index is -3.73. The number of sulfonamides is 1. The number of halogens is 1. The van der Waals surface area contributed by atoms with Crippen LogP contribution < -0.4 is 5.32 Å². The van der Waals surface area contributed by atoms with Gasteiger partial charge < -0.3 is 9.88 Å². The van der Waals surface area contributed by atoms with Gasteiger partial charge in [0.15, 0.2) is 5.03 Å². The van der Waals surface area contributed by atoms with Crippen LogP contribution in [0.3, 0.4) is 0 Å². The summed E-state index contributed by atoms with van der Waals surface area (Å²) in [5, 5.41) is 2.65. The molecule has 1 aromatic heterocycles. The summed E-state index contributed by atoms with van der Waals surface area (Å²) in [7, 11) is -2.04. The number of amides is 1. The van der Waals surface area contributed by atoms with Gasteiger partial charge in [-0.05, 0) is 37.5 Å². The van der Waals surface area contributed by atoms with E-state index in [9.17, 15) is 17.6 Å². The Balaban J connectivity index is 1.71. The molecule has 0 saturated carbocycles. The second-order valence-corrected chi connectivity index (χ2v) is 8.42. The summed E-state index contributed by atoms with van der Waals surface area (Å²) in [5.41, 5.74) is 0.858. The van der Waals surface area contributed by atoms with Gasteiger partial charge in [-0.1, -0.05) is 6.07 Å². The van der Waals surface area contributed by atoms with Crippen LogP contribution in [0.2, 0.25) is 0 Å². The van der Waals surface area contributed by atoms with Crippen LogP contribution in [0.1, 0.15) is 18.4 Å². The zero-order valence-corrected chi connectivity index (χ0v) is 15.5. The Morgan fingerprint density at radius 2 is 2.15 bits per heavy atom. The topological polar surface area (TPSA) is 84.3 Å². The molecular weight excluding hydrogens is 359 g/mol. The number of hydrogen-bond acceptors (Lipinski definition) is 4. The molecule has 7 nitrogen and oxygen atoms in total. The quantitative estimate of drug-likeness (QED) is 0.878. The number of aromatic nitrogens is 2. The fraction of sp³-hybridized carbons (Fsp3) is 0.412. The van der Waals surface area contributed by atoms with Crippen LogP contribution in [0.5, 0.6) is 0 Å². The molecule has 1 atom stereocenters. The maximum absolute atomic E-state index is 13.6. The molecule has 1 fully saturated rings. The van der Waals surface area contributed by atoms with Gasteiger partial charge in [0.1, 0.15) is 5.82 Å². The van der Waals surface area contributed by atoms with Gasteiger partial charge in [0.2, 0.25) is 5.91 Å². The third-order valence-corrected chi connectivity index (χ3v) is 6.23. The maximum Gasteiger partial charge on any atom is 0.262 e. The Morgan fingerprint density at radius 1 is 1.38 bits per heavy atom. The van der Waals surface area contributed by atoms with Crippen LogP contribution in [-0.2, 0) is 21.9 Å². The lowest BCUT2D eigenvalue weighted by atomic mass is 9.98. The first-order valence-electron chi connectivity index (χ1n) is 8.32. The predicted molar refractivity (Wildman–Crippen MR) is 94.5 cm³/mol. The highest BCUT2D eigenvalue weighted by Gasteiger charge is 2.34. The van der Waals surface area contributed by atoms with Crippen molar-refractivity contribution in [3.63, 3.8) is 0 Å². The Labute approximate surface area is 151 Å². The molecule has 1 saturated heterocycles. The fourth-order valence-corrected chi connectivity index (χ4v) is 4.43. The summed E-state index contributed by atoms with van der Waals surface area (Å²) in [4.78, 5) is 16.4. The maximum atomic E-state index is 13.6. The van der Waals surface area contributed by atoms with Crippen LogP contribution in [0, 0.1) is 18.7 Å². The number of nitrogens with zero attached hydrogens (tertiary/aromatic N) is 3. The van der Waals surface area contributed by atoms with E-state index in [-0.39, 0.29) is 17.5 Å². The number of anilines is 1. The molecule has 1 amide bonds. The van der Waals surface area contributed by atoms with E-state index in [2.05, 4.69) is 10.3 Å². The van der Waals surface area contributed by atoms with E-state index in [4.69, 9.17) is 0 Å². The van der Waals surface area contributed by atoms with Gasteiger partial charge in [-0.25, -0.2) is 17.8 Å². The van der Waals surface area contributed by atoms with Gasteiger partial charge in [-0.3, -0.25) is 4.79 Å². The highest BCUT2D eigenvalue weighted by molar-refractivity contribution is 7.89. The minimum absolute atomic E-state index is 0.0262. The summed E-state index contributed by atoms with van der Waals surface area (Å²) in [6, 6.07) is 4.48. The van der Waals surface area contributed by atoms with Crippen molar-refractivity contribution in [2.75, 3.05) is 18.4 Å². The molecule has 1 aliphatic rings. The van der Waals surface area contributed by atoms with Crippen molar-refractivity contribution in [2.24, 2.45) is 13.0 Å². The Morgan fingerprint density at radius 3 is 2.81 bits per heavy atom. The number of nitrogens with one attached hydrogen (secondary N) is 1. The molecule has 1 unspecified atom stereocenters. The second kappa shape index (κ2) is 7.16. The zero-order valence-electron chi connectivity index (χ0n) is 14.6. The number of rotatable bonds is 4. The molecule has 140 valence electrons. The molecule has 1 aliphatic heterocycles. The number of aryl methyl sites for hydroxylation is 2. The van der Waals surface area contributed by atoms with E-state index in [1.165, 1.54) is 22.9 Å². The van der Waals surface area contributed by atoms with E-state index in [0.717, 1.165) is 0 Å². The third kappa shape index (κ3) is 3.78. The molecule has 2 aromatic rings. The average molecular weight is 380 g/mol. The first-order chi connectivity index (χ1) is 12.3. The van der Waals surface area contributed by atoms with Crippen molar-refractivity contribution < 1.29 is 17.6 Å². The molecule has 0 spiro atoms. The van der Waals surface area contributed by atoms with Crippen molar-refractivity contribution in [1.82, 2.24) is 13.9 Å². The van der Waals surface area contributed by atoms with Gasteiger partial charge in [0.25, 0.3) is 10.0 Å². The zero-order chi connectivity index (χ0) is 18.9. The lowest BCUT2D eigenvalue weighted by Crippen LogP contribution is -2.43. The van der Waals surface area contributed by atoms with Gasteiger partial charge in [-0.2, -0.15) is 4.31 Å². The summed E-state index contributed by atoms with van der Waals surface area (Å²) in [5.74, 6) is -1.20. The number of benzene rings is 1. The van der Waals surface area contributed by atoms with Crippen molar-refractivity contribution in [2.45, 2.75) is 24.8 Å². The van der Waals surface area contributed by atoms with Crippen molar-refractivity contribution in [3.8, 4) is 0 Å². The predicted octanol–water partition coefficient (Wildman–Crippen LogP) is 1.91. The molecule has 2 heterocycles. The highest BCUT2D eigenvalue weighted by atomic mass is 32.2. The lowest BCUT2D eigenvalue weighted by Gasteiger charge is -2.30. The number of hydrogen-bond donors (Lipinski definition) is 1. The van der Waals surface area contributed by atoms with Crippen molar-refractivity contribution >= 4 is 21.6 Å². The fourth-order valence-electron chi connectivity index (χ4n) is 2.94. The van der Waals surface area contributed by atoms with E-state index in [0.29, 0.717) is 30.6 Å². The van der Waals surface area contributed by atoms with E-state index >= 15 is 0 Å². The van der Waals surface area contributed by atoms with Gasteiger partial charge >= 0.3 is 0 Å². The van der Waals surface area contributed by atoms with Crippen molar-refractivity contribution in [1.29, 1.82) is 0 Å². The van der Waals surface area contributed by atoms with Crippen LogP contribution in [-0.4, -0.2) is 41.3 Å². The van der Waals surface area contributed by atoms with E-state index in [1.54, 1.807) is 30.7 Å². The molecule has 1 aromatic carbocycles. The lowest BCUT2D eigenvalue weighted by molar-refractivity contribution is -0.120. The molecule has 0 radical (unpaired) electrons. The molecule has 26 heavy (non-hydrogen) atoms. The normalized spacial score (nSPS) is 18.7. The number of piperidine rings is 1. The summed E-state index contributed by atoms with van der Waals surface area (Å²) in [6.07, 6.45) is 4.02. The molecule has 0 bridgehead atoms. The van der Waals surface area contributed by atoms with E-state index < -0.39 is 21.8 Å². The summed E-state index contributed by atoms with van der Waals surface area (Å²) < 4.78 is 41.8. The van der Waals surface area contributed by atoms with Crippen LogP contribution in [0.25, 0.3) is 0 Å².